The normalized spacial score (nSPS) is 11.0. The van der Waals surface area contributed by atoms with Crippen molar-refractivity contribution in [2.75, 3.05) is 13.7 Å². The quantitative estimate of drug-likeness (QED) is 0.512. The third-order valence-electron chi connectivity index (χ3n) is 4.00. The Morgan fingerprint density at radius 3 is 2.52 bits per heavy atom. The second-order valence-corrected chi connectivity index (χ2v) is 6.39. The molecule has 0 aliphatic heterocycles. The number of carboxylic acid groups (broad SMARTS) is 1. The van der Waals surface area contributed by atoms with Gasteiger partial charge in [0.05, 0.1) is 12.8 Å². The lowest BCUT2D eigenvalue weighted by Crippen LogP contribution is -2.11. The molecular formula is C22H25NO4. The molecule has 1 N–H and O–H groups in total. The highest BCUT2D eigenvalue weighted by atomic mass is 16.5. The zero-order chi connectivity index (χ0) is 19.8. The summed E-state index contributed by atoms with van der Waals surface area (Å²) in [5.74, 6) is 0.314. The summed E-state index contributed by atoms with van der Waals surface area (Å²) in [4.78, 5) is 15.3. The van der Waals surface area contributed by atoms with Gasteiger partial charge in [-0.2, -0.15) is 0 Å². The molecule has 27 heavy (non-hydrogen) atoms. The van der Waals surface area contributed by atoms with Gasteiger partial charge in [-0.3, -0.25) is 4.99 Å². The molecule has 0 saturated heterocycles. The minimum Gasteiger partial charge on any atom is -0.493 e. The van der Waals surface area contributed by atoms with Gasteiger partial charge >= 0.3 is 5.97 Å². The number of methoxy groups -OCH3 is 1. The first-order valence-electron chi connectivity index (χ1n) is 8.75. The van der Waals surface area contributed by atoms with Gasteiger partial charge in [-0.05, 0) is 47.7 Å². The summed E-state index contributed by atoms with van der Waals surface area (Å²) in [6.45, 7) is 7.62. The second kappa shape index (κ2) is 9.57. The first-order chi connectivity index (χ1) is 12.9. The third kappa shape index (κ3) is 5.71. The average molecular weight is 367 g/mol. The van der Waals surface area contributed by atoms with Crippen molar-refractivity contribution in [3.63, 3.8) is 0 Å². The standard InChI is InChI=1S/C22H25NO4/c1-5-6-18-11-16(12-20(26-4)22(18)27-14-21(24)25)13-23-19-9-7-17(8-10-19)15(2)3/h5,7-13,15H,1,6,14H2,2-4H3,(H,24,25). The van der Waals surface area contributed by atoms with Crippen LogP contribution < -0.4 is 9.47 Å². The van der Waals surface area contributed by atoms with Crippen LogP contribution in [0.5, 0.6) is 11.5 Å². The molecule has 0 bridgehead atoms. The zero-order valence-corrected chi connectivity index (χ0v) is 15.9. The van der Waals surface area contributed by atoms with Crippen LogP contribution in [0.4, 0.5) is 5.69 Å². The van der Waals surface area contributed by atoms with E-state index >= 15 is 0 Å². The van der Waals surface area contributed by atoms with E-state index in [1.807, 2.05) is 18.2 Å². The minimum atomic E-state index is -1.04. The van der Waals surface area contributed by atoms with E-state index in [0.29, 0.717) is 23.8 Å². The molecule has 0 aromatic heterocycles. The van der Waals surface area contributed by atoms with Crippen LogP contribution in [0.1, 0.15) is 36.5 Å². The first-order valence-corrected chi connectivity index (χ1v) is 8.75. The molecule has 0 saturated carbocycles. The number of rotatable bonds is 9. The van der Waals surface area contributed by atoms with Crippen molar-refractivity contribution in [2.24, 2.45) is 4.99 Å². The second-order valence-electron chi connectivity index (χ2n) is 6.39. The van der Waals surface area contributed by atoms with Crippen LogP contribution in [0, 0.1) is 0 Å². The molecule has 0 spiro atoms. The number of carbonyl (C=O) groups is 1. The molecule has 2 aromatic carbocycles. The number of aliphatic imine (C=N–C) groups is 1. The maximum Gasteiger partial charge on any atom is 0.341 e. The van der Waals surface area contributed by atoms with Gasteiger partial charge in [-0.25, -0.2) is 4.79 Å². The third-order valence-corrected chi connectivity index (χ3v) is 4.00. The number of allylic oxidation sites excluding steroid dienone is 1. The molecule has 2 rings (SSSR count). The molecule has 0 heterocycles. The SMILES string of the molecule is C=CCc1cc(C=Nc2ccc(C(C)C)cc2)cc(OC)c1OCC(=O)O. The van der Waals surface area contributed by atoms with E-state index in [2.05, 4.69) is 37.6 Å². The topological polar surface area (TPSA) is 68.1 Å². The molecule has 0 unspecified atom stereocenters. The molecule has 5 heteroatoms. The van der Waals surface area contributed by atoms with Crippen molar-refractivity contribution in [1.29, 1.82) is 0 Å². The van der Waals surface area contributed by atoms with E-state index in [1.165, 1.54) is 12.7 Å². The highest BCUT2D eigenvalue weighted by molar-refractivity contribution is 5.84. The van der Waals surface area contributed by atoms with Crippen molar-refractivity contribution in [3.8, 4) is 11.5 Å². The van der Waals surface area contributed by atoms with E-state index in [-0.39, 0.29) is 0 Å². The number of hydrogen-bond donors (Lipinski definition) is 1. The molecule has 0 aliphatic carbocycles. The summed E-state index contributed by atoms with van der Waals surface area (Å²) >= 11 is 0. The molecule has 0 fully saturated rings. The highest BCUT2D eigenvalue weighted by Gasteiger charge is 2.13. The van der Waals surface area contributed by atoms with Gasteiger partial charge in [0.15, 0.2) is 18.1 Å². The fraction of sp³-hybridized carbons (Fsp3) is 0.273. The van der Waals surface area contributed by atoms with Gasteiger partial charge in [-0.1, -0.05) is 32.1 Å². The van der Waals surface area contributed by atoms with E-state index in [9.17, 15) is 4.79 Å². The number of carboxylic acids is 1. The molecule has 2 aromatic rings. The largest absolute Gasteiger partial charge is 0.493 e. The van der Waals surface area contributed by atoms with E-state index in [0.717, 1.165) is 16.8 Å². The lowest BCUT2D eigenvalue weighted by molar-refractivity contribution is -0.139. The van der Waals surface area contributed by atoms with E-state index in [4.69, 9.17) is 14.6 Å². The van der Waals surface area contributed by atoms with Crippen LogP contribution >= 0.6 is 0 Å². The van der Waals surface area contributed by atoms with Crippen LogP contribution in [-0.4, -0.2) is 31.0 Å². The van der Waals surface area contributed by atoms with Crippen LogP contribution in [0.25, 0.3) is 0 Å². The number of benzene rings is 2. The lowest BCUT2D eigenvalue weighted by Gasteiger charge is -2.14. The first kappa shape index (κ1) is 20.2. The summed E-state index contributed by atoms with van der Waals surface area (Å²) in [7, 11) is 1.52. The summed E-state index contributed by atoms with van der Waals surface area (Å²) in [6.07, 6.45) is 4.00. The Balaban J connectivity index is 2.31. The molecule has 0 radical (unpaired) electrons. The fourth-order valence-corrected chi connectivity index (χ4v) is 2.61. The van der Waals surface area contributed by atoms with Crippen molar-refractivity contribution >= 4 is 17.9 Å². The van der Waals surface area contributed by atoms with Crippen molar-refractivity contribution < 1.29 is 19.4 Å². The Kier molecular flexibility index (Phi) is 7.17. The molecule has 0 amide bonds. The summed E-state index contributed by atoms with van der Waals surface area (Å²) in [5.41, 5.74) is 3.75. The number of hydrogen-bond acceptors (Lipinski definition) is 4. The number of ether oxygens (including phenoxy) is 2. The van der Waals surface area contributed by atoms with E-state index < -0.39 is 12.6 Å². The van der Waals surface area contributed by atoms with Gasteiger partial charge in [0.2, 0.25) is 0 Å². The van der Waals surface area contributed by atoms with Gasteiger partial charge in [0.25, 0.3) is 0 Å². The maximum atomic E-state index is 10.8. The Hall–Kier alpha value is -3.08. The minimum absolute atomic E-state index is 0.415. The van der Waals surface area contributed by atoms with Gasteiger partial charge in [0.1, 0.15) is 0 Å². The molecule has 0 atom stereocenters. The maximum absolute atomic E-state index is 10.8. The summed E-state index contributed by atoms with van der Waals surface area (Å²) in [5, 5.41) is 8.87. The number of aliphatic carboxylic acids is 1. The molecule has 0 aliphatic rings. The monoisotopic (exact) mass is 367 g/mol. The van der Waals surface area contributed by atoms with Crippen LogP contribution in [0.2, 0.25) is 0 Å². The van der Waals surface area contributed by atoms with Crippen molar-refractivity contribution in [1.82, 2.24) is 0 Å². The summed E-state index contributed by atoms with van der Waals surface area (Å²) in [6, 6.07) is 11.8. The Bertz CT molecular complexity index is 823. The predicted molar refractivity (Wildman–Crippen MR) is 108 cm³/mol. The average Bonchev–Trinajstić information content (AvgIpc) is 2.65. The molecule has 142 valence electrons. The van der Waals surface area contributed by atoms with Crippen molar-refractivity contribution in [2.45, 2.75) is 26.2 Å². The molecular weight excluding hydrogens is 342 g/mol. The number of nitrogens with zero attached hydrogens (tertiary/aromatic N) is 1. The van der Waals surface area contributed by atoms with Crippen LogP contribution in [0.15, 0.2) is 54.0 Å². The van der Waals surface area contributed by atoms with Crippen LogP contribution in [0.3, 0.4) is 0 Å². The Morgan fingerprint density at radius 2 is 1.96 bits per heavy atom. The lowest BCUT2D eigenvalue weighted by atomic mass is 10.0. The zero-order valence-electron chi connectivity index (χ0n) is 15.9. The fourth-order valence-electron chi connectivity index (χ4n) is 2.61. The van der Waals surface area contributed by atoms with Crippen molar-refractivity contribution in [3.05, 3.63) is 65.7 Å². The molecule has 5 nitrogen and oxygen atoms in total. The van der Waals surface area contributed by atoms with Gasteiger partial charge in [-0.15, -0.1) is 6.58 Å². The van der Waals surface area contributed by atoms with Gasteiger partial charge < -0.3 is 14.6 Å². The smallest absolute Gasteiger partial charge is 0.341 e. The highest BCUT2D eigenvalue weighted by Crippen LogP contribution is 2.33. The van der Waals surface area contributed by atoms with E-state index in [1.54, 1.807) is 18.4 Å². The summed E-state index contributed by atoms with van der Waals surface area (Å²) < 4.78 is 10.8. The predicted octanol–water partition coefficient (Wildman–Crippen LogP) is 4.76. The Labute approximate surface area is 160 Å². The van der Waals surface area contributed by atoms with Crippen LogP contribution in [-0.2, 0) is 11.2 Å². The Morgan fingerprint density at radius 1 is 1.26 bits per heavy atom. The van der Waals surface area contributed by atoms with Gasteiger partial charge in [0, 0.05) is 11.8 Å².